The van der Waals surface area contributed by atoms with Crippen LogP contribution in [0, 0.1) is 5.82 Å². The molecule has 1 unspecified atom stereocenters. The van der Waals surface area contributed by atoms with Crippen LogP contribution in [0.3, 0.4) is 0 Å². The van der Waals surface area contributed by atoms with Crippen molar-refractivity contribution in [1.29, 1.82) is 0 Å². The summed E-state index contributed by atoms with van der Waals surface area (Å²) in [6.45, 7) is 3.86. The number of carbonyl (C=O) groups excluding carboxylic acids is 2. The largest absolute Gasteiger partial charge is 0.492 e. The first-order valence-electron chi connectivity index (χ1n) is 15.1. The third-order valence-corrected chi connectivity index (χ3v) is 9.42. The topological polar surface area (TPSA) is 82.9 Å². The van der Waals surface area contributed by atoms with E-state index < -0.39 is 11.7 Å². The molecule has 0 spiro atoms. The molecule has 44 heavy (non-hydrogen) atoms. The monoisotopic (exact) mass is 617 g/mol. The van der Waals surface area contributed by atoms with Crippen molar-refractivity contribution in [1.82, 2.24) is 14.5 Å². The predicted molar refractivity (Wildman–Crippen MR) is 163 cm³/mol. The van der Waals surface area contributed by atoms with E-state index in [1.54, 1.807) is 18.2 Å². The van der Waals surface area contributed by atoms with Gasteiger partial charge in [-0.05, 0) is 80.2 Å². The summed E-state index contributed by atoms with van der Waals surface area (Å²) in [6, 6.07) is 15.7. The van der Waals surface area contributed by atoms with Gasteiger partial charge in [0.25, 0.3) is 0 Å². The molecule has 8 nitrogen and oxygen atoms in total. The molecule has 2 fully saturated rings. The number of fused-ring (bicyclic) bond motifs is 2. The number of imidazole rings is 1. The lowest BCUT2D eigenvalue weighted by Gasteiger charge is -2.34. The Morgan fingerprint density at radius 3 is 2.64 bits per heavy atom. The zero-order chi connectivity index (χ0) is 30.4. The van der Waals surface area contributed by atoms with E-state index in [-0.39, 0.29) is 30.4 Å². The molecule has 0 N–H and O–H groups in total. The average molecular weight is 618 g/mol. The number of halogens is 2. The van der Waals surface area contributed by atoms with Crippen LogP contribution in [0.15, 0.2) is 54.6 Å². The maximum Gasteiger partial charge on any atom is 0.337 e. The molecule has 2 saturated heterocycles. The van der Waals surface area contributed by atoms with Crippen LogP contribution in [0.2, 0.25) is 5.02 Å². The number of benzene rings is 3. The number of ether oxygens (including phenoxy) is 3. The zero-order valence-corrected chi connectivity index (χ0v) is 25.2. The SMILES string of the molecule is COC(=O)c1ccc2nc(CN3CCC(c4cccc5c4C(=O)C(c4ccc(Cl)cc4F)CO5)CC3)n(C[C@@H]3CCO3)c2c1. The van der Waals surface area contributed by atoms with Gasteiger partial charge in [-0.1, -0.05) is 29.8 Å². The summed E-state index contributed by atoms with van der Waals surface area (Å²) in [5, 5.41) is 0.293. The van der Waals surface area contributed by atoms with Crippen molar-refractivity contribution >= 4 is 34.4 Å². The van der Waals surface area contributed by atoms with Crippen molar-refractivity contribution in [3.63, 3.8) is 0 Å². The highest BCUT2D eigenvalue weighted by Crippen LogP contribution is 2.41. The summed E-state index contributed by atoms with van der Waals surface area (Å²) in [6.07, 6.45) is 2.86. The molecule has 1 aromatic heterocycles. The number of nitrogens with zero attached hydrogens (tertiary/aromatic N) is 3. The highest BCUT2D eigenvalue weighted by atomic mass is 35.5. The number of methoxy groups -OCH3 is 1. The van der Waals surface area contributed by atoms with Gasteiger partial charge in [-0.3, -0.25) is 9.69 Å². The molecule has 3 aromatic carbocycles. The van der Waals surface area contributed by atoms with Crippen LogP contribution in [0.1, 0.15) is 68.8 Å². The van der Waals surface area contributed by atoms with Crippen LogP contribution >= 0.6 is 11.6 Å². The quantitative estimate of drug-likeness (QED) is 0.230. The van der Waals surface area contributed by atoms with Crippen LogP contribution in [-0.2, 0) is 22.6 Å². The first-order valence-corrected chi connectivity index (χ1v) is 15.4. The van der Waals surface area contributed by atoms with Crippen LogP contribution in [0.5, 0.6) is 5.75 Å². The smallest absolute Gasteiger partial charge is 0.337 e. The minimum atomic E-state index is -0.714. The number of ketones is 1. The maximum absolute atomic E-state index is 14.8. The summed E-state index contributed by atoms with van der Waals surface area (Å²) in [4.78, 5) is 33.4. The van der Waals surface area contributed by atoms with Gasteiger partial charge in [-0.15, -0.1) is 0 Å². The Morgan fingerprint density at radius 2 is 1.91 bits per heavy atom. The molecular weight excluding hydrogens is 585 g/mol. The van der Waals surface area contributed by atoms with Crippen molar-refractivity contribution in [2.24, 2.45) is 0 Å². The van der Waals surface area contributed by atoms with Gasteiger partial charge in [0, 0.05) is 17.2 Å². The lowest BCUT2D eigenvalue weighted by Crippen LogP contribution is -2.36. The average Bonchev–Trinajstić information content (AvgIpc) is 3.35. The van der Waals surface area contributed by atoms with Gasteiger partial charge in [0.15, 0.2) is 5.78 Å². The minimum Gasteiger partial charge on any atom is -0.492 e. The van der Waals surface area contributed by atoms with E-state index in [9.17, 15) is 14.0 Å². The fourth-order valence-corrected chi connectivity index (χ4v) is 6.85. The molecule has 0 saturated carbocycles. The van der Waals surface area contributed by atoms with Crippen molar-refractivity contribution in [2.45, 2.75) is 50.3 Å². The summed E-state index contributed by atoms with van der Waals surface area (Å²) in [5.41, 5.74) is 4.07. The van der Waals surface area contributed by atoms with Gasteiger partial charge in [-0.2, -0.15) is 0 Å². The van der Waals surface area contributed by atoms with E-state index in [0.29, 0.717) is 40.6 Å². The van der Waals surface area contributed by atoms with Crippen molar-refractivity contribution in [3.05, 3.63) is 93.5 Å². The first kappa shape index (κ1) is 29.0. The maximum atomic E-state index is 14.8. The number of hydrogen-bond acceptors (Lipinski definition) is 7. The number of likely N-dealkylation sites (tertiary alicyclic amines) is 1. The molecule has 2 atom stereocenters. The highest BCUT2D eigenvalue weighted by Gasteiger charge is 2.36. The molecule has 0 radical (unpaired) electrons. The summed E-state index contributed by atoms with van der Waals surface area (Å²) in [7, 11) is 1.38. The number of rotatable bonds is 7. The van der Waals surface area contributed by atoms with Crippen LogP contribution in [0.25, 0.3) is 11.0 Å². The van der Waals surface area contributed by atoms with Gasteiger partial charge in [0.1, 0.15) is 24.0 Å². The molecule has 0 amide bonds. The van der Waals surface area contributed by atoms with E-state index in [0.717, 1.165) is 61.4 Å². The molecule has 10 heteroatoms. The van der Waals surface area contributed by atoms with Crippen molar-refractivity contribution in [3.8, 4) is 5.75 Å². The second-order valence-electron chi connectivity index (χ2n) is 11.8. The summed E-state index contributed by atoms with van der Waals surface area (Å²) >= 11 is 5.96. The van der Waals surface area contributed by atoms with E-state index in [2.05, 4.69) is 9.47 Å². The Labute approximate surface area is 259 Å². The minimum absolute atomic E-state index is 0.0975. The predicted octanol–water partition coefficient (Wildman–Crippen LogP) is 6.14. The number of Topliss-reactive ketones (excluding diaryl/α,β-unsaturated/α-hetero) is 1. The number of piperidine rings is 1. The summed E-state index contributed by atoms with van der Waals surface area (Å²) < 4.78 is 33.7. The molecule has 4 aromatic rings. The summed E-state index contributed by atoms with van der Waals surface area (Å²) in [5.74, 6) is -0.0161. The molecule has 228 valence electrons. The molecular formula is C34H33ClFN3O5. The Bertz CT molecular complexity index is 1740. The van der Waals surface area contributed by atoms with Crippen LogP contribution in [-0.4, -0.2) is 65.7 Å². The zero-order valence-electron chi connectivity index (χ0n) is 24.4. The van der Waals surface area contributed by atoms with Gasteiger partial charge in [0.2, 0.25) is 0 Å². The van der Waals surface area contributed by atoms with Gasteiger partial charge < -0.3 is 18.8 Å². The number of esters is 1. The van der Waals surface area contributed by atoms with Crippen LogP contribution < -0.4 is 4.74 Å². The van der Waals surface area contributed by atoms with Gasteiger partial charge >= 0.3 is 5.97 Å². The Kier molecular flexibility index (Phi) is 7.86. The third kappa shape index (κ3) is 5.38. The number of carbonyl (C=O) groups is 2. The highest BCUT2D eigenvalue weighted by molar-refractivity contribution is 6.30. The second kappa shape index (κ2) is 12.0. The number of aromatic nitrogens is 2. The third-order valence-electron chi connectivity index (χ3n) is 9.19. The first-order chi connectivity index (χ1) is 21.4. The second-order valence-corrected chi connectivity index (χ2v) is 12.2. The van der Waals surface area contributed by atoms with E-state index in [1.807, 2.05) is 30.3 Å². The fraction of sp³-hybridized carbons (Fsp3) is 0.382. The molecule has 3 aliphatic heterocycles. The number of hydrogen-bond donors (Lipinski definition) is 0. The van der Waals surface area contributed by atoms with E-state index in [1.165, 1.54) is 13.2 Å². The molecule has 3 aliphatic rings. The fourth-order valence-electron chi connectivity index (χ4n) is 6.69. The molecule has 7 rings (SSSR count). The van der Waals surface area contributed by atoms with Crippen LogP contribution in [0.4, 0.5) is 4.39 Å². The lowest BCUT2D eigenvalue weighted by molar-refractivity contribution is -0.0592. The Hall–Kier alpha value is -3.79. The normalized spacial score (nSPS) is 20.7. The van der Waals surface area contributed by atoms with E-state index in [4.69, 9.17) is 30.8 Å². The van der Waals surface area contributed by atoms with Gasteiger partial charge in [0.05, 0.1) is 54.4 Å². The standard InChI is InChI=1S/C34H33ClFN3O5/c1-42-34(41)21-5-8-28-29(15-21)39(17-23-11-14-43-23)31(37-28)18-38-12-9-20(10-13-38)24-3-2-4-30-32(24)33(40)26(19-44-30)25-7-6-22(35)16-27(25)36/h2-8,15-16,20,23,26H,9-14,17-19H2,1H3/t23-,26?/m0/s1. The van der Waals surface area contributed by atoms with E-state index >= 15 is 0 Å². The molecule has 0 aliphatic carbocycles. The molecule has 0 bridgehead atoms. The van der Waals surface area contributed by atoms with Crippen molar-refractivity contribution < 1.29 is 28.2 Å². The molecule has 4 heterocycles. The Balaban J connectivity index is 1.10. The lowest BCUT2D eigenvalue weighted by atomic mass is 9.80. The Morgan fingerprint density at radius 1 is 1.09 bits per heavy atom. The van der Waals surface area contributed by atoms with Gasteiger partial charge in [-0.25, -0.2) is 14.2 Å². The van der Waals surface area contributed by atoms with Crippen molar-refractivity contribution in [2.75, 3.05) is 33.4 Å².